The first-order valence-corrected chi connectivity index (χ1v) is 5.33. The number of nitrogens with zero attached hydrogens (tertiary/aromatic N) is 1. The Morgan fingerprint density at radius 3 is 2.62 bits per heavy atom. The van der Waals surface area contributed by atoms with Gasteiger partial charge in [-0.1, -0.05) is 0 Å². The second-order valence-electron chi connectivity index (χ2n) is 2.87. The molecule has 72 valence electrons. The quantitative estimate of drug-likeness (QED) is 0.909. The van der Waals surface area contributed by atoms with Crippen molar-refractivity contribution >= 4 is 33.2 Å². The maximum atomic E-state index is 10.9. The zero-order valence-electron chi connectivity index (χ0n) is 7.32. The number of carbonyl (C=O) groups is 1. The highest BCUT2D eigenvalue weighted by Gasteiger charge is 2.23. The number of thiophene rings is 1. The lowest BCUT2D eigenvalue weighted by Gasteiger charge is -2.18. The molecule has 0 saturated heterocycles. The van der Waals surface area contributed by atoms with Crippen molar-refractivity contribution in [3.63, 3.8) is 0 Å². The molecule has 3 nitrogen and oxygen atoms in total. The molecule has 0 aromatic carbocycles. The van der Waals surface area contributed by atoms with E-state index < -0.39 is 12.0 Å². The molecule has 0 spiro atoms. The number of rotatable bonds is 3. The molecule has 0 saturated carbocycles. The van der Waals surface area contributed by atoms with E-state index in [1.54, 1.807) is 19.0 Å². The number of carboxylic acid groups (broad SMARTS) is 1. The molecule has 1 atom stereocenters. The van der Waals surface area contributed by atoms with Crippen LogP contribution in [-0.2, 0) is 4.79 Å². The molecule has 0 radical (unpaired) electrons. The van der Waals surface area contributed by atoms with Crippen LogP contribution in [0.25, 0.3) is 0 Å². The monoisotopic (exact) mass is 263 g/mol. The first kappa shape index (κ1) is 10.7. The Labute approximate surface area is 89.1 Å². The molecule has 1 aromatic heterocycles. The van der Waals surface area contributed by atoms with Gasteiger partial charge in [0.1, 0.15) is 6.04 Å². The van der Waals surface area contributed by atoms with Gasteiger partial charge in [0.2, 0.25) is 0 Å². The van der Waals surface area contributed by atoms with Crippen molar-refractivity contribution in [2.75, 3.05) is 14.1 Å². The molecule has 5 heteroatoms. The summed E-state index contributed by atoms with van der Waals surface area (Å²) in [4.78, 5) is 13.4. The molecule has 1 rings (SSSR count). The molecule has 0 unspecified atom stereocenters. The molecule has 1 aromatic rings. The number of likely N-dealkylation sites (N-methyl/N-ethyl adjacent to an activating group) is 1. The lowest BCUT2D eigenvalue weighted by Crippen LogP contribution is -2.26. The van der Waals surface area contributed by atoms with E-state index in [9.17, 15) is 4.79 Å². The Hall–Kier alpha value is -0.390. The third-order valence-electron chi connectivity index (χ3n) is 1.61. The van der Waals surface area contributed by atoms with Crippen LogP contribution in [0.3, 0.4) is 0 Å². The Bertz CT molecular complexity index is 311. The van der Waals surface area contributed by atoms with E-state index in [1.165, 1.54) is 11.3 Å². The Balaban J connectivity index is 2.95. The Morgan fingerprint density at radius 1 is 1.69 bits per heavy atom. The fraction of sp³-hybridized carbons (Fsp3) is 0.375. The predicted octanol–water partition coefficient (Wildman–Crippen LogP) is 2.20. The van der Waals surface area contributed by atoms with Crippen LogP contribution in [0.2, 0.25) is 0 Å². The summed E-state index contributed by atoms with van der Waals surface area (Å²) in [5, 5.41) is 10.8. The van der Waals surface area contributed by atoms with E-state index in [2.05, 4.69) is 15.9 Å². The summed E-state index contributed by atoms with van der Waals surface area (Å²) in [6.07, 6.45) is 0. The van der Waals surface area contributed by atoms with E-state index in [4.69, 9.17) is 5.11 Å². The SMILES string of the molecule is CN(C)[C@@H](C(=O)O)c1cc(Br)cs1. The van der Waals surface area contributed by atoms with Crippen LogP contribution in [0, 0.1) is 0 Å². The van der Waals surface area contributed by atoms with Gasteiger partial charge in [-0.05, 0) is 36.1 Å². The summed E-state index contributed by atoms with van der Waals surface area (Å²) < 4.78 is 0.931. The van der Waals surface area contributed by atoms with Crippen LogP contribution in [0.4, 0.5) is 0 Å². The number of hydrogen-bond acceptors (Lipinski definition) is 3. The molecule has 0 aliphatic heterocycles. The first-order chi connectivity index (χ1) is 6.02. The maximum absolute atomic E-state index is 10.9. The third-order valence-corrected chi connectivity index (χ3v) is 3.35. The zero-order valence-corrected chi connectivity index (χ0v) is 9.72. The van der Waals surface area contributed by atoms with Crippen molar-refractivity contribution < 1.29 is 9.90 Å². The topological polar surface area (TPSA) is 40.5 Å². The van der Waals surface area contributed by atoms with Crippen molar-refractivity contribution in [2.45, 2.75) is 6.04 Å². The van der Waals surface area contributed by atoms with Crippen LogP contribution >= 0.6 is 27.3 Å². The van der Waals surface area contributed by atoms with Crippen molar-refractivity contribution in [3.8, 4) is 0 Å². The predicted molar refractivity (Wildman–Crippen MR) is 56.1 cm³/mol. The van der Waals surface area contributed by atoms with Gasteiger partial charge in [0, 0.05) is 14.7 Å². The summed E-state index contributed by atoms with van der Waals surface area (Å²) in [5.74, 6) is -0.820. The molecule has 0 fully saturated rings. The molecule has 0 amide bonds. The molecule has 1 heterocycles. The Kier molecular flexibility index (Phi) is 3.47. The smallest absolute Gasteiger partial charge is 0.326 e. The summed E-state index contributed by atoms with van der Waals surface area (Å²) in [7, 11) is 3.51. The average molecular weight is 264 g/mol. The van der Waals surface area contributed by atoms with Crippen LogP contribution in [-0.4, -0.2) is 30.1 Å². The molecular weight excluding hydrogens is 254 g/mol. The van der Waals surface area contributed by atoms with Gasteiger partial charge in [-0.3, -0.25) is 9.69 Å². The fourth-order valence-electron chi connectivity index (χ4n) is 1.07. The second-order valence-corrected chi connectivity index (χ2v) is 4.73. The average Bonchev–Trinajstić information content (AvgIpc) is 2.34. The summed E-state index contributed by atoms with van der Waals surface area (Å²) >= 11 is 4.74. The van der Waals surface area contributed by atoms with Gasteiger partial charge in [0.25, 0.3) is 0 Å². The number of carboxylic acids is 1. The lowest BCUT2D eigenvalue weighted by molar-refractivity contribution is -0.142. The standard InChI is InChI=1S/C8H10BrNO2S/c1-10(2)7(8(11)12)6-3-5(9)4-13-6/h3-4,7H,1-2H3,(H,11,12)/t7-/m1/s1. The van der Waals surface area contributed by atoms with Crippen LogP contribution in [0.1, 0.15) is 10.9 Å². The van der Waals surface area contributed by atoms with Gasteiger partial charge in [-0.15, -0.1) is 11.3 Å². The van der Waals surface area contributed by atoms with Crippen molar-refractivity contribution in [2.24, 2.45) is 0 Å². The summed E-state index contributed by atoms with van der Waals surface area (Å²) in [5.41, 5.74) is 0. The lowest BCUT2D eigenvalue weighted by atomic mass is 10.2. The highest BCUT2D eigenvalue weighted by atomic mass is 79.9. The van der Waals surface area contributed by atoms with Crippen LogP contribution in [0.15, 0.2) is 15.9 Å². The van der Waals surface area contributed by atoms with Gasteiger partial charge >= 0.3 is 5.97 Å². The molecule has 0 bridgehead atoms. The highest BCUT2D eigenvalue weighted by Crippen LogP contribution is 2.28. The van der Waals surface area contributed by atoms with E-state index in [1.807, 2.05) is 11.4 Å². The largest absolute Gasteiger partial charge is 0.480 e. The number of aliphatic carboxylic acids is 1. The zero-order chi connectivity index (χ0) is 10.0. The minimum atomic E-state index is -0.820. The normalized spacial score (nSPS) is 13.2. The molecule has 0 aliphatic carbocycles. The summed E-state index contributed by atoms with van der Waals surface area (Å²) in [6.45, 7) is 0. The van der Waals surface area contributed by atoms with Gasteiger partial charge < -0.3 is 5.11 Å². The van der Waals surface area contributed by atoms with E-state index in [0.717, 1.165) is 9.35 Å². The van der Waals surface area contributed by atoms with E-state index in [-0.39, 0.29) is 0 Å². The first-order valence-electron chi connectivity index (χ1n) is 3.65. The molecule has 13 heavy (non-hydrogen) atoms. The van der Waals surface area contributed by atoms with Gasteiger partial charge in [0.05, 0.1) is 0 Å². The van der Waals surface area contributed by atoms with Gasteiger partial charge in [-0.25, -0.2) is 0 Å². The maximum Gasteiger partial charge on any atom is 0.326 e. The van der Waals surface area contributed by atoms with Crippen molar-refractivity contribution in [1.29, 1.82) is 0 Å². The summed E-state index contributed by atoms with van der Waals surface area (Å²) in [6, 6.07) is 1.29. The number of halogens is 1. The van der Waals surface area contributed by atoms with Gasteiger partial charge in [0.15, 0.2) is 0 Å². The van der Waals surface area contributed by atoms with E-state index in [0.29, 0.717) is 0 Å². The fourth-order valence-corrected chi connectivity index (χ4v) is 2.70. The third kappa shape index (κ3) is 2.52. The Morgan fingerprint density at radius 2 is 2.31 bits per heavy atom. The molecular formula is C8H10BrNO2S. The van der Waals surface area contributed by atoms with Crippen LogP contribution in [0.5, 0.6) is 0 Å². The molecule has 0 aliphatic rings. The minimum Gasteiger partial charge on any atom is -0.480 e. The van der Waals surface area contributed by atoms with E-state index >= 15 is 0 Å². The highest BCUT2D eigenvalue weighted by molar-refractivity contribution is 9.10. The minimum absolute atomic E-state index is 0.545. The van der Waals surface area contributed by atoms with Gasteiger partial charge in [-0.2, -0.15) is 0 Å². The molecule has 1 N–H and O–H groups in total. The number of hydrogen-bond donors (Lipinski definition) is 1. The van der Waals surface area contributed by atoms with Crippen molar-refractivity contribution in [1.82, 2.24) is 4.90 Å². The second kappa shape index (κ2) is 4.21. The van der Waals surface area contributed by atoms with Crippen molar-refractivity contribution in [3.05, 3.63) is 20.8 Å². The van der Waals surface area contributed by atoms with Crippen LogP contribution < -0.4 is 0 Å².